The topological polar surface area (TPSA) is 54.0 Å². The van der Waals surface area contributed by atoms with E-state index in [0.29, 0.717) is 12.4 Å². The Morgan fingerprint density at radius 1 is 1.36 bits per heavy atom. The quantitative estimate of drug-likeness (QED) is 0.285. The summed E-state index contributed by atoms with van der Waals surface area (Å²) in [5.74, 6) is 0.00812. The summed E-state index contributed by atoms with van der Waals surface area (Å²) < 4.78 is 19.7. The molecule has 0 saturated heterocycles. The Morgan fingerprint density at radius 3 is 2.36 bits per heavy atom. The predicted octanol–water partition coefficient (Wildman–Crippen LogP) is 0.748. The lowest BCUT2D eigenvalue weighted by molar-refractivity contribution is -0.137. The molecule has 0 spiro atoms. The smallest absolute Gasteiger partial charge is 0.602 e. The minimum absolute atomic E-state index is 0.345. The highest BCUT2D eigenvalue weighted by Crippen LogP contribution is 2.00. The molecule has 0 radical (unpaired) electrons. The maximum absolute atomic E-state index is 11.0. The maximum atomic E-state index is 11.0. The largest absolute Gasteiger partial charge is 1.00 e. The minimum Gasteiger partial charge on any atom is -0.602 e. The fourth-order valence-electron chi connectivity index (χ4n) is 0.728. The summed E-state index contributed by atoms with van der Waals surface area (Å²) in [4.78, 5) is 11.0. The Kier molecular flexibility index (Phi) is 7.53. The van der Waals surface area contributed by atoms with Gasteiger partial charge >= 0.3 is 21.1 Å². The highest BCUT2D eigenvalue weighted by atomic mass is 27.3. The van der Waals surface area contributed by atoms with Crippen LogP contribution in [-0.2, 0) is 20.9 Å². The number of carbonyl (C=O) groups excluding carboxylic acids is 1. The van der Waals surface area contributed by atoms with Crippen molar-refractivity contribution in [1.29, 1.82) is 0 Å². The van der Waals surface area contributed by atoms with Crippen molar-refractivity contribution in [2.75, 3.05) is 20.8 Å². The van der Waals surface area contributed by atoms with Gasteiger partial charge in [0.1, 0.15) is 0 Å². The molecule has 0 rings (SSSR count). The molecule has 0 heterocycles. The first-order valence-corrected chi connectivity index (χ1v) is 5.62. The molecule has 6 heteroatoms. The van der Waals surface area contributed by atoms with Crippen molar-refractivity contribution in [2.24, 2.45) is 0 Å². The third kappa shape index (κ3) is 6.00. The molecule has 0 aromatic heterocycles. The van der Waals surface area contributed by atoms with Crippen LogP contribution in [0.25, 0.3) is 0 Å². The van der Waals surface area contributed by atoms with E-state index in [1.165, 1.54) is 20.3 Å². The van der Waals surface area contributed by atoms with E-state index in [0.717, 1.165) is 0 Å². The number of allylic oxidation sites excluding steroid dienone is 1. The Hall–Kier alpha value is -0.538. The second-order valence-electron chi connectivity index (χ2n) is 2.38. The van der Waals surface area contributed by atoms with E-state index < -0.39 is 21.1 Å². The van der Waals surface area contributed by atoms with Crippen LogP contribution < -0.4 is 0 Å². The van der Waals surface area contributed by atoms with Gasteiger partial charge in [-0.1, -0.05) is 0 Å². The van der Waals surface area contributed by atoms with Crippen LogP contribution in [0.2, 0.25) is 0 Å². The molecule has 0 aliphatic heterocycles. The molecule has 0 saturated carbocycles. The van der Waals surface area contributed by atoms with E-state index in [-0.39, 0.29) is 0 Å². The summed E-state index contributed by atoms with van der Waals surface area (Å²) in [5, 5.41) is 0. The van der Waals surface area contributed by atoms with Crippen molar-refractivity contribution in [1.82, 2.24) is 0 Å². The Bertz CT molecular complexity index is 200. The van der Waals surface area contributed by atoms with Gasteiger partial charge in [0, 0.05) is 14.2 Å². The van der Waals surface area contributed by atoms with E-state index in [1.807, 2.05) is 0 Å². The van der Waals surface area contributed by atoms with Crippen LogP contribution >= 0.6 is 0 Å². The van der Waals surface area contributed by atoms with Crippen LogP contribution in [0.1, 0.15) is 13.8 Å². The van der Waals surface area contributed by atoms with Crippen molar-refractivity contribution < 1.29 is 20.9 Å². The first-order valence-electron chi connectivity index (χ1n) is 4.21. The lowest BCUT2D eigenvalue weighted by Gasteiger charge is -2.09. The number of hydrogen-bond donors (Lipinski definition) is 0. The van der Waals surface area contributed by atoms with Gasteiger partial charge in [0.2, 0.25) is 0 Å². The lowest BCUT2D eigenvalue weighted by atomic mass is 10.5. The molecule has 0 aliphatic carbocycles. The van der Waals surface area contributed by atoms with Crippen molar-refractivity contribution in [3.8, 4) is 0 Å². The van der Waals surface area contributed by atoms with Crippen molar-refractivity contribution in [2.45, 2.75) is 13.8 Å². The summed E-state index contributed by atoms with van der Waals surface area (Å²) in [6.45, 7) is 3.73. The van der Waals surface area contributed by atoms with Crippen LogP contribution in [0, 0.1) is 0 Å². The fourth-order valence-corrected chi connectivity index (χ4v) is 1.48. The number of esters is 1. The van der Waals surface area contributed by atoms with Crippen molar-refractivity contribution in [3.63, 3.8) is 0 Å². The Morgan fingerprint density at radius 2 is 1.93 bits per heavy atom. The molecule has 0 unspecified atom stereocenters. The van der Waals surface area contributed by atoms with E-state index in [9.17, 15) is 4.79 Å². The zero-order valence-electron chi connectivity index (χ0n) is 8.90. The van der Waals surface area contributed by atoms with Crippen LogP contribution in [0.15, 0.2) is 11.8 Å². The molecule has 0 atom stereocenters. The Labute approximate surface area is 89.0 Å². The van der Waals surface area contributed by atoms with E-state index in [2.05, 4.69) is 0 Å². The lowest BCUT2D eigenvalue weighted by Crippen LogP contribution is -2.23. The Balaban J connectivity index is 4.04. The van der Waals surface area contributed by atoms with E-state index in [4.69, 9.17) is 16.1 Å². The average molecular weight is 218 g/mol. The summed E-state index contributed by atoms with van der Waals surface area (Å²) in [5.41, 5.74) is 0. The number of ether oxygens (including phenoxy) is 1. The molecule has 80 valence electrons. The van der Waals surface area contributed by atoms with Gasteiger partial charge in [0.15, 0.2) is 0 Å². The molecule has 0 aliphatic rings. The molecule has 0 fully saturated rings. The van der Waals surface area contributed by atoms with Crippen LogP contribution in [-0.4, -0.2) is 41.9 Å². The average Bonchev–Trinajstić information content (AvgIpc) is 2.14. The molecule has 0 aromatic carbocycles. The number of rotatable bonds is 6. The van der Waals surface area contributed by atoms with Crippen LogP contribution in [0.3, 0.4) is 0 Å². The summed E-state index contributed by atoms with van der Waals surface area (Å²) in [6.07, 6.45) is 1.27. The summed E-state index contributed by atoms with van der Waals surface area (Å²) in [6, 6.07) is 0. The second kappa shape index (κ2) is 7.83. The standard InChI is InChI=1S/C6H10O3.2CH3O.Al/c1-3-9-6(8)4-5(2)7;2*1-2;/h4,7H,3H2,1-2H3;2*1H3;/q;2*-1;+3/p-1/b5-4-;;;. The fraction of sp³-hybridized carbons (Fsp3) is 0.625. The molecular weight excluding hydrogens is 203 g/mol. The maximum Gasteiger partial charge on any atom is 1.00 e. The minimum atomic E-state index is -2.10. The van der Waals surface area contributed by atoms with Gasteiger partial charge in [-0.2, -0.15) is 0 Å². The van der Waals surface area contributed by atoms with Gasteiger partial charge in [-0.05, 0) is 13.8 Å². The molecule has 0 amide bonds. The zero-order valence-corrected chi connectivity index (χ0v) is 10.1. The normalized spacial score (nSPS) is 11.0. The highest BCUT2D eigenvalue weighted by molar-refractivity contribution is 6.36. The van der Waals surface area contributed by atoms with E-state index in [1.54, 1.807) is 13.8 Å². The highest BCUT2D eigenvalue weighted by Gasteiger charge is 2.31. The third-order valence-corrected chi connectivity index (χ3v) is 2.61. The number of carbonyl (C=O) groups is 1. The summed E-state index contributed by atoms with van der Waals surface area (Å²) in [7, 11) is 3.00. The zero-order chi connectivity index (χ0) is 11.0. The van der Waals surface area contributed by atoms with Gasteiger partial charge in [-0.25, -0.2) is 4.79 Å². The monoisotopic (exact) mass is 218 g/mol. The molecule has 0 aromatic rings. The molecule has 0 bridgehead atoms. The van der Waals surface area contributed by atoms with Crippen LogP contribution in [0.5, 0.6) is 0 Å². The molecule has 14 heavy (non-hydrogen) atoms. The van der Waals surface area contributed by atoms with Crippen molar-refractivity contribution in [3.05, 3.63) is 11.8 Å². The van der Waals surface area contributed by atoms with Crippen LogP contribution in [0.4, 0.5) is 0 Å². The van der Waals surface area contributed by atoms with Gasteiger partial charge in [-0.15, -0.1) is 0 Å². The van der Waals surface area contributed by atoms with E-state index >= 15 is 0 Å². The van der Waals surface area contributed by atoms with Gasteiger partial charge in [0.05, 0.1) is 18.4 Å². The third-order valence-electron chi connectivity index (χ3n) is 1.27. The van der Waals surface area contributed by atoms with Gasteiger partial charge in [0.25, 0.3) is 0 Å². The second-order valence-corrected chi connectivity index (χ2v) is 4.14. The van der Waals surface area contributed by atoms with Crippen molar-refractivity contribution >= 4 is 21.1 Å². The SMILES string of the molecule is CCOC(=O)/C=C(/C)[O][Al]([O]C)[O]C. The molecule has 0 N–H and O–H groups in total. The van der Waals surface area contributed by atoms with Gasteiger partial charge < -0.3 is 16.1 Å². The summed E-state index contributed by atoms with van der Waals surface area (Å²) >= 11 is -2.10. The first kappa shape index (κ1) is 13.5. The van der Waals surface area contributed by atoms with Gasteiger partial charge in [-0.3, -0.25) is 0 Å². The molecular formula is C8H15AlO5. The predicted molar refractivity (Wildman–Crippen MR) is 51.2 cm³/mol. The first-order chi connectivity index (χ1) is 6.63. The number of hydrogen-bond acceptors (Lipinski definition) is 5. The molecule has 5 nitrogen and oxygen atoms in total.